The first-order valence-electron chi connectivity index (χ1n) is 11.9. The van der Waals surface area contributed by atoms with Gasteiger partial charge in [-0.05, 0) is 52.9 Å². The average molecular weight is 496 g/mol. The number of rotatable bonds is 8. The van der Waals surface area contributed by atoms with Gasteiger partial charge in [-0.3, -0.25) is 14.1 Å². The smallest absolute Gasteiger partial charge is 0.337 e. The summed E-state index contributed by atoms with van der Waals surface area (Å²) in [5.41, 5.74) is 5.38. The van der Waals surface area contributed by atoms with Crippen molar-refractivity contribution in [1.82, 2.24) is 34.7 Å². The summed E-state index contributed by atoms with van der Waals surface area (Å²) in [6.07, 6.45) is 6.72. The predicted octanol–water partition coefficient (Wildman–Crippen LogP) is 3.89. The van der Waals surface area contributed by atoms with Crippen LogP contribution in [-0.4, -0.2) is 45.8 Å². The number of aromatic amines is 1. The van der Waals surface area contributed by atoms with E-state index in [9.17, 15) is 14.7 Å². The number of aryl methyl sites for hydroxylation is 2. The van der Waals surface area contributed by atoms with Crippen molar-refractivity contribution in [3.05, 3.63) is 100.0 Å². The summed E-state index contributed by atoms with van der Waals surface area (Å²) in [4.78, 5) is 29.6. The Balaban J connectivity index is 1.51. The van der Waals surface area contributed by atoms with Crippen LogP contribution in [0.25, 0.3) is 28.2 Å². The molecule has 0 atom stereocenters. The van der Waals surface area contributed by atoms with Crippen molar-refractivity contribution in [2.24, 2.45) is 0 Å². The molecule has 5 rings (SSSR count). The molecule has 0 unspecified atom stereocenters. The quantitative estimate of drug-likeness (QED) is 0.334. The minimum Gasteiger partial charge on any atom is -0.478 e. The Morgan fingerprint density at radius 1 is 1.08 bits per heavy atom. The summed E-state index contributed by atoms with van der Waals surface area (Å²) in [6.45, 7) is 4.23. The van der Waals surface area contributed by atoms with E-state index >= 15 is 0 Å². The van der Waals surface area contributed by atoms with Crippen LogP contribution in [0, 0.1) is 6.92 Å². The van der Waals surface area contributed by atoms with E-state index in [1.807, 2.05) is 50.2 Å². The number of aromatic nitrogens is 7. The normalized spacial score (nSPS) is 11.1. The summed E-state index contributed by atoms with van der Waals surface area (Å²) in [5, 5.41) is 24.0. The van der Waals surface area contributed by atoms with E-state index in [1.165, 1.54) is 10.6 Å². The second-order valence-corrected chi connectivity index (χ2v) is 8.74. The SMILES string of the molecule is CCCc1cn(-c2c(C)cccc2C(=O)O)c(=O)n1Cc1ccc(-c2ccncc2-c2nn[nH]n2)cc1. The van der Waals surface area contributed by atoms with Crippen LogP contribution in [0.1, 0.15) is 40.5 Å². The summed E-state index contributed by atoms with van der Waals surface area (Å²) in [7, 11) is 0. The Bertz CT molecular complexity index is 1620. The number of carboxylic acid groups (broad SMARTS) is 1. The lowest BCUT2D eigenvalue weighted by Gasteiger charge is -2.10. The zero-order valence-electron chi connectivity index (χ0n) is 20.4. The molecule has 0 aliphatic heterocycles. The Labute approximate surface area is 212 Å². The molecule has 0 saturated heterocycles. The van der Waals surface area contributed by atoms with Crippen LogP contribution in [0.4, 0.5) is 0 Å². The molecule has 186 valence electrons. The molecule has 0 bridgehead atoms. The van der Waals surface area contributed by atoms with Crippen LogP contribution in [0.2, 0.25) is 0 Å². The second-order valence-electron chi connectivity index (χ2n) is 8.74. The Hall–Kier alpha value is -4.86. The molecule has 0 amide bonds. The van der Waals surface area contributed by atoms with Gasteiger partial charge < -0.3 is 5.11 Å². The van der Waals surface area contributed by atoms with Crippen molar-refractivity contribution in [3.8, 4) is 28.2 Å². The largest absolute Gasteiger partial charge is 0.478 e. The van der Waals surface area contributed by atoms with Crippen molar-refractivity contribution in [2.45, 2.75) is 33.2 Å². The van der Waals surface area contributed by atoms with Gasteiger partial charge in [0, 0.05) is 29.8 Å². The molecule has 5 aromatic rings. The molecular weight excluding hydrogens is 470 g/mol. The van der Waals surface area contributed by atoms with E-state index in [1.54, 1.807) is 29.2 Å². The van der Waals surface area contributed by atoms with Crippen LogP contribution in [0.3, 0.4) is 0 Å². The van der Waals surface area contributed by atoms with Crippen LogP contribution in [-0.2, 0) is 13.0 Å². The molecule has 0 fully saturated rings. The van der Waals surface area contributed by atoms with Gasteiger partial charge in [0.2, 0.25) is 5.82 Å². The monoisotopic (exact) mass is 495 g/mol. The highest BCUT2D eigenvalue weighted by atomic mass is 16.4. The van der Waals surface area contributed by atoms with Crippen LogP contribution >= 0.6 is 0 Å². The fraction of sp³-hybridized carbons (Fsp3) is 0.185. The van der Waals surface area contributed by atoms with Gasteiger partial charge in [0.25, 0.3) is 0 Å². The first kappa shape index (κ1) is 23.9. The molecule has 10 nitrogen and oxygen atoms in total. The molecule has 0 aliphatic carbocycles. The number of carbonyl (C=O) groups is 1. The highest BCUT2D eigenvalue weighted by Crippen LogP contribution is 2.29. The molecular formula is C27H25N7O3. The Morgan fingerprint density at radius 3 is 2.59 bits per heavy atom. The minimum atomic E-state index is -1.07. The van der Waals surface area contributed by atoms with E-state index in [0.717, 1.165) is 39.9 Å². The van der Waals surface area contributed by atoms with Gasteiger partial charge in [0.05, 0.1) is 17.8 Å². The molecule has 2 N–H and O–H groups in total. The third kappa shape index (κ3) is 4.56. The number of hydrogen-bond donors (Lipinski definition) is 2. The molecule has 3 heterocycles. The fourth-order valence-electron chi connectivity index (χ4n) is 4.54. The van der Waals surface area contributed by atoms with Crippen molar-refractivity contribution in [1.29, 1.82) is 0 Å². The standard InChI is InChI=1S/C27H25N7O3/c1-3-5-20-16-34(24-17(2)6-4-7-22(24)26(35)36)27(37)33(20)15-18-8-10-19(11-9-18)21-12-13-28-14-23(21)25-29-31-32-30-25/h4,6-14,16H,3,5,15H2,1-2H3,(H,35,36)(H,29,30,31,32). The lowest BCUT2D eigenvalue weighted by atomic mass is 10.00. The molecule has 0 saturated carbocycles. The molecule has 37 heavy (non-hydrogen) atoms. The average Bonchev–Trinajstić information content (AvgIpc) is 3.54. The van der Waals surface area contributed by atoms with Gasteiger partial charge in [0.15, 0.2) is 0 Å². The maximum Gasteiger partial charge on any atom is 0.337 e. The Kier molecular flexibility index (Phi) is 6.46. The van der Waals surface area contributed by atoms with Crippen LogP contribution < -0.4 is 5.69 Å². The highest BCUT2D eigenvalue weighted by molar-refractivity contribution is 5.92. The number of benzene rings is 2. The highest BCUT2D eigenvalue weighted by Gasteiger charge is 2.19. The van der Waals surface area contributed by atoms with Gasteiger partial charge in [-0.25, -0.2) is 9.59 Å². The number of aromatic carboxylic acids is 1. The molecule has 10 heteroatoms. The van der Waals surface area contributed by atoms with Crippen LogP contribution in [0.5, 0.6) is 0 Å². The van der Waals surface area contributed by atoms with Gasteiger partial charge in [-0.1, -0.05) is 49.7 Å². The molecule has 2 aromatic carbocycles. The van der Waals surface area contributed by atoms with Crippen molar-refractivity contribution in [3.63, 3.8) is 0 Å². The lowest BCUT2D eigenvalue weighted by Crippen LogP contribution is -2.26. The predicted molar refractivity (Wildman–Crippen MR) is 138 cm³/mol. The number of H-pyrrole nitrogens is 1. The van der Waals surface area contributed by atoms with Crippen molar-refractivity contribution < 1.29 is 9.90 Å². The number of tetrazole rings is 1. The number of para-hydroxylation sites is 1. The van der Waals surface area contributed by atoms with Crippen molar-refractivity contribution in [2.75, 3.05) is 0 Å². The van der Waals surface area contributed by atoms with Gasteiger partial charge >= 0.3 is 11.7 Å². The van der Waals surface area contributed by atoms with E-state index in [0.29, 0.717) is 24.5 Å². The fourth-order valence-corrected chi connectivity index (χ4v) is 4.54. The minimum absolute atomic E-state index is 0.0985. The topological polar surface area (TPSA) is 132 Å². The second kappa shape index (κ2) is 10.0. The number of carboxylic acids is 1. The zero-order valence-corrected chi connectivity index (χ0v) is 20.4. The maximum absolute atomic E-state index is 13.6. The number of nitrogens with zero attached hydrogens (tertiary/aromatic N) is 6. The van der Waals surface area contributed by atoms with Gasteiger partial charge in [0.1, 0.15) is 0 Å². The first-order chi connectivity index (χ1) is 18.0. The van der Waals surface area contributed by atoms with E-state index in [4.69, 9.17) is 0 Å². The van der Waals surface area contributed by atoms with Gasteiger partial charge in [-0.15, -0.1) is 10.2 Å². The number of nitrogens with one attached hydrogen (secondary N) is 1. The zero-order chi connectivity index (χ0) is 25.9. The summed E-state index contributed by atoms with van der Waals surface area (Å²) < 4.78 is 3.18. The van der Waals surface area contributed by atoms with E-state index in [2.05, 4.69) is 25.6 Å². The van der Waals surface area contributed by atoms with Crippen molar-refractivity contribution >= 4 is 5.97 Å². The summed E-state index contributed by atoms with van der Waals surface area (Å²) in [5.74, 6) is -0.608. The maximum atomic E-state index is 13.6. The van der Waals surface area contributed by atoms with E-state index in [-0.39, 0.29) is 11.3 Å². The van der Waals surface area contributed by atoms with E-state index < -0.39 is 5.97 Å². The number of pyridine rings is 1. The third-order valence-electron chi connectivity index (χ3n) is 6.29. The van der Waals surface area contributed by atoms with Crippen LogP contribution in [0.15, 0.2) is 71.9 Å². The summed E-state index contributed by atoms with van der Waals surface area (Å²) in [6, 6.07) is 14.8. The molecule has 3 aromatic heterocycles. The lowest BCUT2D eigenvalue weighted by molar-refractivity contribution is 0.0696. The first-order valence-corrected chi connectivity index (χ1v) is 11.9. The Morgan fingerprint density at radius 2 is 1.89 bits per heavy atom. The number of hydrogen-bond acceptors (Lipinski definition) is 6. The number of imidazole rings is 1. The third-order valence-corrected chi connectivity index (χ3v) is 6.29. The molecule has 0 aliphatic rings. The molecule has 0 radical (unpaired) electrons. The van der Waals surface area contributed by atoms with Gasteiger partial charge in [-0.2, -0.15) is 5.21 Å². The summed E-state index contributed by atoms with van der Waals surface area (Å²) >= 11 is 0. The molecule has 0 spiro atoms.